The molecule has 0 aromatic carbocycles. The maximum absolute atomic E-state index is 6.26. The maximum Gasteiger partial charge on any atom is 0.143 e. The van der Waals surface area contributed by atoms with Gasteiger partial charge in [-0.25, -0.2) is 4.98 Å². The Balaban J connectivity index is 1.62. The molecule has 2 aliphatic carbocycles. The van der Waals surface area contributed by atoms with E-state index in [-0.39, 0.29) is 0 Å². The summed E-state index contributed by atoms with van der Waals surface area (Å²) in [6.45, 7) is 1.07. The molecule has 0 bridgehead atoms. The Morgan fingerprint density at radius 1 is 1.33 bits per heavy atom. The number of hydrogen-bond donors (Lipinski definition) is 1. The topological polar surface area (TPSA) is 37.8 Å². The summed E-state index contributed by atoms with van der Waals surface area (Å²) in [5, 5.41) is 5.32. The van der Waals surface area contributed by atoms with Crippen molar-refractivity contribution >= 4 is 22.9 Å². The van der Waals surface area contributed by atoms with Gasteiger partial charge in [0, 0.05) is 29.6 Å². The van der Waals surface area contributed by atoms with Gasteiger partial charge in [-0.15, -0.1) is 11.3 Å². The third kappa shape index (κ3) is 2.85. The molecule has 5 heteroatoms. The van der Waals surface area contributed by atoms with Gasteiger partial charge in [-0.05, 0) is 44.2 Å². The molecule has 2 aromatic heterocycles. The fourth-order valence-electron chi connectivity index (χ4n) is 2.95. The first kappa shape index (κ1) is 13.7. The molecule has 0 spiro atoms. The average Bonchev–Trinajstić information content (AvgIpc) is 3.22. The zero-order valence-electron chi connectivity index (χ0n) is 11.8. The molecule has 1 fully saturated rings. The van der Waals surface area contributed by atoms with Crippen LogP contribution in [0.2, 0.25) is 5.02 Å². The molecule has 21 heavy (non-hydrogen) atoms. The van der Waals surface area contributed by atoms with Crippen LogP contribution in [0.25, 0.3) is 10.7 Å². The Kier molecular flexibility index (Phi) is 3.69. The summed E-state index contributed by atoms with van der Waals surface area (Å²) in [6, 6.07) is 4.51. The smallest absolute Gasteiger partial charge is 0.143 e. The lowest BCUT2D eigenvalue weighted by Crippen LogP contribution is -2.25. The molecule has 0 saturated heterocycles. The zero-order chi connectivity index (χ0) is 14.2. The summed E-state index contributed by atoms with van der Waals surface area (Å²) >= 11 is 8.03. The van der Waals surface area contributed by atoms with Crippen molar-refractivity contribution in [2.45, 2.75) is 44.1 Å². The van der Waals surface area contributed by atoms with Crippen molar-refractivity contribution in [1.82, 2.24) is 15.3 Å². The van der Waals surface area contributed by atoms with Crippen LogP contribution in [-0.4, -0.2) is 22.6 Å². The second-order valence-corrected chi connectivity index (χ2v) is 7.42. The molecule has 4 rings (SSSR count). The highest BCUT2D eigenvalue weighted by Crippen LogP contribution is 2.39. The average molecular weight is 320 g/mol. The van der Waals surface area contributed by atoms with Crippen molar-refractivity contribution in [3.8, 4) is 10.7 Å². The molecule has 1 atom stereocenters. The van der Waals surface area contributed by atoms with Gasteiger partial charge in [0.25, 0.3) is 0 Å². The number of nitrogens with zero attached hydrogens (tertiary/aromatic N) is 2. The Hall–Kier alpha value is -0.970. The number of fused-ring (bicyclic) bond motifs is 1. The molecule has 2 aromatic rings. The highest BCUT2D eigenvalue weighted by Gasteiger charge is 2.28. The lowest BCUT2D eigenvalue weighted by Gasteiger charge is -2.21. The predicted octanol–water partition coefficient (Wildman–Crippen LogP) is 4.03. The molecular weight excluding hydrogens is 302 g/mol. The molecule has 1 saturated carbocycles. The van der Waals surface area contributed by atoms with Gasteiger partial charge in [0.1, 0.15) is 10.7 Å². The van der Waals surface area contributed by atoms with Crippen molar-refractivity contribution in [3.05, 3.63) is 33.9 Å². The summed E-state index contributed by atoms with van der Waals surface area (Å²) in [5.41, 5.74) is 2.11. The number of halogens is 1. The number of aryl methyl sites for hydroxylation is 1. The fraction of sp³-hybridized carbons (Fsp3) is 0.500. The zero-order valence-corrected chi connectivity index (χ0v) is 13.4. The Labute approximate surface area is 133 Å². The fourth-order valence-corrected chi connectivity index (χ4v) is 4.41. The van der Waals surface area contributed by atoms with Gasteiger partial charge >= 0.3 is 0 Å². The minimum absolute atomic E-state index is 0.557. The van der Waals surface area contributed by atoms with Gasteiger partial charge in [0.2, 0.25) is 0 Å². The number of aromatic nitrogens is 2. The van der Waals surface area contributed by atoms with Gasteiger partial charge in [-0.3, -0.25) is 4.98 Å². The van der Waals surface area contributed by atoms with Crippen LogP contribution in [0.4, 0.5) is 0 Å². The summed E-state index contributed by atoms with van der Waals surface area (Å²) in [4.78, 5) is 10.7. The van der Waals surface area contributed by atoms with E-state index in [4.69, 9.17) is 16.6 Å². The first-order valence-corrected chi connectivity index (χ1v) is 8.84. The summed E-state index contributed by atoms with van der Waals surface area (Å²) in [5.74, 6) is 0.557. The second-order valence-electron chi connectivity index (χ2n) is 5.93. The first-order chi connectivity index (χ1) is 10.3. The largest absolute Gasteiger partial charge is 0.313 e. The molecule has 0 aliphatic heterocycles. The quantitative estimate of drug-likeness (QED) is 0.924. The summed E-state index contributed by atoms with van der Waals surface area (Å²) < 4.78 is 0. The van der Waals surface area contributed by atoms with E-state index in [0.29, 0.717) is 10.9 Å². The van der Waals surface area contributed by atoms with E-state index >= 15 is 0 Å². The molecule has 0 amide bonds. The van der Waals surface area contributed by atoms with Gasteiger partial charge in [-0.1, -0.05) is 11.6 Å². The van der Waals surface area contributed by atoms with E-state index in [0.717, 1.165) is 29.7 Å². The Bertz CT molecular complexity index is 651. The van der Waals surface area contributed by atoms with Crippen molar-refractivity contribution < 1.29 is 0 Å². The van der Waals surface area contributed by atoms with E-state index in [1.807, 2.05) is 12.1 Å². The van der Waals surface area contributed by atoms with Gasteiger partial charge in [0.15, 0.2) is 0 Å². The molecule has 2 aliphatic rings. The minimum atomic E-state index is 0.557. The predicted molar refractivity (Wildman–Crippen MR) is 87.1 cm³/mol. The van der Waals surface area contributed by atoms with Crippen molar-refractivity contribution in [2.24, 2.45) is 0 Å². The molecule has 3 nitrogen and oxygen atoms in total. The third-order valence-corrected chi connectivity index (χ3v) is 5.70. The SMILES string of the molecule is Clc1cccnc1-c1nc2c(s1)CCCC2CNC1CC1. The van der Waals surface area contributed by atoms with Crippen LogP contribution in [0, 0.1) is 0 Å². The normalized spacial score (nSPS) is 21.3. The van der Waals surface area contributed by atoms with E-state index in [1.54, 1.807) is 17.5 Å². The van der Waals surface area contributed by atoms with Gasteiger partial charge in [0.05, 0.1) is 10.7 Å². The summed E-state index contributed by atoms with van der Waals surface area (Å²) in [6.07, 6.45) is 8.12. The summed E-state index contributed by atoms with van der Waals surface area (Å²) in [7, 11) is 0. The number of thiazole rings is 1. The molecule has 0 radical (unpaired) electrons. The first-order valence-electron chi connectivity index (χ1n) is 7.65. The van der Waals surface area contributed by atoms with Crippen LogP contribution in [0.3, 0.4) is 0 Å². The van der Waals surface area contributed by atoms with Crippen molar-refractivity contribution in [1.29, 1.82) is 0 Å². The lowest BCUT2D eigenvalue weighted by atomic mass is 9.91. The van der Waals surface area contributed by atoms with Gasteiger partial charge < -0.3 is 5.32 Å². The van der Waals surface area contributed by atoms with E-state index < -0.39 is 0 Å². The Morgan fingerprint density at radius 3 is 3.05 bits per heavy atom. The number of pyridine rings is 1. The highest BCUT2D eigenvalue weighted by atomic mass is 35.5. The van der Waals surface area contributed by atoms with E-state index in [2.05, 4.69) is 10.3 Å². The highest BCUT2D eigenvalue weighted by molar-refractivity contribution is 7.15. The maximum atomic E-state index is 6.26. The molecule has 2 heterocycles. The monoisotopic (exact) mass is 319 g/mol. The minimum Gasteiger partial charge on any atom is -0.313 e. The van der Waals surface area contributed by atoms with Crippen LogP contribution < -0.4 is 5.32 Å². The van der Waals surface area contributed by atoms with Crippen LogP contribution in [0.1, 0.15) is 42.2 Å². The molecule has 1 N–H and O–H groups in total. The standard InChI is InChI=1S/C16H18ClN3S/c17-12-4-2-8-18-15(12)16-20-14-10(9-19-11-6-7-11)3-1-5-13(14)21-16/h2,4,8,10-11,19H,1,3,5-7,9H2. The second kappa shape index (κ2) is 5.67. The molecule has 110 valence electrons. The molecule has 1 unspecified atom stereocenters. The van der Waals surface area contributed by atoms with Crippen molar-refractivity contribution in [2.75, 3.05) is 6.54 Å². The van der Waals surface area contributed by atoms with Crippen LogP contribution >= 0.6 is 22.9 Å². The number of hydrogen-bond acceptors (Lipinski definition) is 4. The third-order valence-electron chi connectivity index (χ3n) is 4.26. The van der Waals surface area contributed by atoms with E-state index in [1.165, 1.54) is 36.3 Å². The number of nitrogens with one attached hydrogen (secondary N) is 1. The van der Waals surface area contributed by atoms with Crippen LogP contribution in [0.5, 0.6) is 0 Å². The van der Waals surface area contributed by atoms with Gasteiger partial charge in [-0.2, -0.15) is 0 Å². The molecular formula is C16H18ClN3S. The number of rotatable bonds is 4. The lowest BCUT2D eigenvalue weighted by molar-refractivity contribution is 0.500. The van der Waals surface area contributed by atoms with E-state index in [9.17, 15) is 0 Å². The van der Waals surface area contributed by atoms with Crippen LogP contribution in [0.15, 0.2) is 18.3 Å². The van der Waals surface area contributed by atoms with Crippen molar-refractivity contribution in [3.63, 3.8) is 0 Å². The Morgan fingerprint density at radius 2 is 2.24 bits per heavy atom. The van der Waals surface area contributed by atoms with Crippen LogP contribution in [-0.2, 0) is 6.42 Å².